The molecule has 0 saturated heterocycles. The molecule has 0 aliphatic carbocycles. The smallest absolute Gasteiger partial charge is 0.258 e. The van der Waals surface area contributed by atoms with E-state index in [9.17, 15) is 14.4 Å². The van der Waals surface area contributed by atoms with Crippen molar-refractivity contribution in [2.75, 3.05) is 37.3 Å². The molecular weight excluding hydrogens is 442 g/mol. The first-order valence-corrected chi connectivity index (χ1v) is 10.3. The summed E-state index contributed by atoms with van der Waals surface area (Å²) in [5, 5.41) is 8.28. The largest absolute Gasteiger partial charge is 0.497 e. The molecule has 1 atom stereocenters. The lowest BCUT2D eigenvalue weighted by Gasteiger charge is -2.24. The Bertz CT molecular complexity index is 1290. The highest BCUT2D eigenvalue weighted by molar-refractivity contribution is 6.05. The summed E-state index contributed by atoms with van der Waals surface area (Å²) in [6.07, 6.45) is -0.201. The lowest BCUT2D eigenvalue weighted by molar-refractivity contribution is -0.123. The fourth-order valence-corrected chi connectivity index (χ4v) is 3.59. The Morgan fingerprint density at radius 2 is 1.71 bits per heavy atom. The Morgan fingerprint density at radius 1 is 1.00 bits per heavy atom. The molecule has 0 radical (unpaired) electrons. The number of carbonyl (C=O) groups is 2. The number of aromatic amines is 1. The van der Waals surface area contributed by atoms with E-state index >= 15 is 0 Å². The minimum Gasteiger partial charge on any atom is -0.497 e. The maximum atomic E-state index is 13.1. The summed E-state index contributed by atoms with van der Waals surface area (Å²) >= 11 is 0. The summed E-state index contributed by atoms with van der Waals surface area (Å²) in [7, 11) is 4.53. The van der Waals surface area contributed by atoms with Gasteiger partial charge in [0.1, 0.15) is 23.1 Å². The number of hydrogen-bond donors (Lipinski definition) is 4. The van der Waals surface area contributed by atoms with Crippen LogP contribution in [-0.4, -0.2) is 43.1 Å². The van der Waals surface area contributed by atoms with Crippen LogP contribution in [0.3, 0.4) is 0 Å². The number of H-pyrrole nitrogens is 1. The van der Waals surface area contributed by atoms with E-state index < -0.39 is 23.3 Å². The van der Waals surface area contributed by atoms with Gasteiger partial charge in [0.25, 0.3) is 5.56 Å². The van der Waals surface area contributed by atoms with Gasteiger partial charge >= 0.3 is 0 Å². The second kappa shape index (κ2) is 9.53. The molecule has 0 saturated carbocycles. The molecule has 2 heterocycles. The number of hydrogen-bond acceptors (Lipinski definition) is 8. The van der Waals surface area contributed by atoms with Crippen molar-refractivity contribution in [2.45, 2.75) is 12.3 Å². The van der Waals surface area contributed by atoms with Gasteiger partial charge in [-0.2, -0.15) is 4.98 Å². The van der Waals surface area contributed by atoms with Crippen LogP contribution in [0, 0.1) is 0 Å². The van der Waals surface area contributed by atoms with Crippen LogP contribution in [0.5, 0.6) is 17.2 Å². The second-order valence-corrected chi connectivity index (χ2v) is 7.39. The van der Waals surface area contributed by atoms with Crippen molar-refractivity contribution in [3.8, 4) is 17.2 Å². The molecular formula is C23H23N5O6. The maximum absolute atomic E-state index is 13.1. The fraction of sp³-hybridized carbons (Fsp3) is 0.217. The van der Waals surface area contributed by atoms with E-state index in [1.165, 1.54) is 14.2 Å². The zero-order chi connectivity index (χ0) is 24.2. The Morgan fingerprint density at radius 3 is 2.38 bits per heavy atom. The molecule has 11 heteroatoms. The normalized spacial score (nSPS) is 14.4. The number of amides is 2. The van der Waals surface area contributed by atoms with E-state index in [0.717, 1.165) is 0 Å². The van der Waals surface area contributed by atoms with Gasteiger partial charge in [0.05, 0.1) is 38.5 Å². The zero-order valence-corrected chi connectivity index (χ0v) is 18.7. The molecule has 1 aliphatic heterocycles. The number of nitrogens with zero attached hydrogens (tertiary/aromatic N) is 1. The minimum absolute atomic E-state index is 0.0258. The summed E-state index contributed by atoms with van der Waals surface area (Å²) < 4.78 is 15.6. The summed E-state index contributed by atoms with van der Waals surface area (Å²) in [5.41, 5.74) is 0.558. The monoisotopic (exact) mass is 465 g/mol. The third-order valence-electron chi connectivity index (χ3n) is 5.29. The molecule has 1 aliphatic rings. The number of nitrogens with one attached hydrogen (secondary N) is 4. The third kappa shape index (κ3) is 4.63. The Hall–Kier alpha value is -4.54. The molecule has 1 aromatic heterocycles. The number of fused-ring (bicyclic) bond motifs is 1. The zero-order valence-electron chi connectivity index (χ0n) is 18.7. The number of methoxy groups -OCH3 is 3. The Balaban J connectivity index is 1.61. The van der Waals surface area contributed by atoms with Crippen LogP contribution in [-0.2, 0) is 9.59 Å². The molecule has 2 amide bonds. The van der Waals surface area contributed by atoms with Gasteiger partial charge in [-0.25, -0.2) is 0 Å². The van der Waals surface area contributed by atoms with Crippen LogP contribution in [0.25, 0.3) is 0 Å². The molecule has 3 aromatic rings. The first-order valence-electron chi connectivity index (χ1n) is 10.3. The lowest BCUT2D eigenvalue weighted by atomic mass is 9.92. The van der Waals surface area contributed by atoms with E-state index in [4.69, 9.17) is 14.2 Å². The van der Waals surface area contributed by atoms with Gasteiger partial charge in [0.15, 0.2) is 0 Å². The van der Waals surface area contributed by atoms with Gasteiger partial charge < -0.3 is 30.2 Å². The van der Waals surface area contributed by atoms with Gasteiger partial charge in [-0.1, -0.05) is 0 Å². The van der Waals surface area contributed by atoms with E-state index in [1.807, 2.05) is 0 Å². The van der Waals surface area contributed by atoms with Crippen LogP contribution in [0.1, 0.15) is 17.9 Å². The standard InChI is InChI=1S/C23H23N5O6/c1-32-13-6-4-12(5-7-13)24-23-27-20-19(22(31)28-23)15(11-18(29)26-20)21(30)25-16-9-8-14(33-2)10-17(16)34-3/h4-10,15H,11H2,1-3H3,(H,25,30)(H3,24,26,27,28,29,31). The average molecular weight is 465 g/mol. The highest BCUT2D eigenvalue weighted by Gasteiger charge is 2.35. The number of ether oxygens (including phenoxy) is 3. The van der Waals surface area contributed by atoms with Crippen molar-refractivity contribution < 1.29 is 23.8 Å². The molecule has 4 N–H and O–H groups in total. The van der Waals surface area contributed by atoms with Gasteiger partial charge in [-0.3, -0.25) is 19.4 Å². The first kappa shape index (κ1) is 22.6. The van der Waals surface area contributed by atoms with E-state index in [2.05, 4.69) is 25.9 Å². The van der Waals surface area contributed by atoms with Crippen molar-refractivity contribution in [1.29, 1.82) is 0 Å². The van der Waals surface area contributed by atoms with Crippen molar-refractivity contribution in [1.82, 2.24) is 9.97 Å². The fourth-order valence-electron chi connectivity index (χ4n) is 3.59. The Labute approximate surface area is 194 Å². The number of anilines is 4. The number of aromatic nitrogens is 2. The molecule has 0 fully saturated rings. The van der Waals surface area contributed by atoms with Gasteiger partial charge in [0, 0.05) is 18.2 Å². The van der Waals surface area contributed by atoms with Crippen molar-refractivity contribution >= 4 is 35.0 Å². The topological polar surface area (TPSA) is 144 Å². The number of benzene rings is 2. The van der Waals surface area contributed by atoms with Crippen LogP contribution in [0.4, 0.5) is 23.1 Å². The molecule has 1 unspecified atom stereocenters. The Kier molecular flexibility index (Phi) is 6.35. The van der Waals surface area contributed by atoms with Gasteiger partial charge in [-0.15, -0.1) is 0 Å². The first-order chi connectivity index (χ1) is 16.4. The highest BCUT2D eigenvalue weighted by atomic mass is 16.5. The van der Waals surface area contributed by atoms with Crippen molar-refractivity contribution in [2.24, 2.45) is 0 Å². The summed E-state index contributed by atoms with van der Waals surface area (Å²) in [4.78, 5) is 45.3. The van der Waals surface area contributed by atoms with Crippen LogP contribution < -0.4 is 35.7 Å². The van der Waals surface area contributed by atoms with Gasteiger partial charge in [0.2, 0.25) is 17.8 Å². The van der Waals surface area contributed by atoms with Crippen LogP contribution in [0.15, 0.2) is 47.3 Å². The maximum Gasteiger partial charge on any atom is 0.258 e. The lowest BCUT2D eigenvalue weighted by Crippen LogP contribution is -2.36. The quantitative estimate of drug-likeness (QED) is 0.417. The highest BCUT2D eigenvalue weighted by Crippen LogP contribution is 2.33. The van der Waals surface area contributed by atoms with Gasteiger partial charge in [-0.05, 0) is 36.4 Å². The van der Waals surface area contributed by atoms with Crippen molar-refractivity contribution in [3.63, 3.8) is 0 Å². The molecule has 0 bridgehead atoms. The second-order valence-electron chi connectivity index (χ2n) is 7.39. The SMILES string of the molecule is COc1ccc(Nc2nc3c(c(=O)[nH]2)C(C(=O)Nc2ccc(OC)cc2OC)CC(=O)N3)cc1. The van der Waals surface area contributed by atoms with E-state index in [1.54, 1.807) is 49.6 Å². The summed E-state index contributed by atoms with van der Waals surface area (Å²) in [6, 6.07) is 11.9. The average Bonchev–Trinajstić information content (AvgIpc) is 2.83. The van der Waals surface area contributed by atoms with Crippen LogP contribution in [0.2, 0.25) is 0 Å². The summed E-state index contributed by atoms with van der Waals surface area (Å²) in [6.45, 7) is 0. The number of rotatable bonds is 7. The summed E-state index contributed by atoms with van der Waals surface area (Å²) in [5.74, 6) is -0.265. The predicted molar refractivity (Wildman–Crippen MR) is 125 cm³/mol. The minimum atomic E-state index is -1.04. The number of carbonyl (C=O) groups excluding carboxylic acids is 2. The van der Waals surface area contributed by atoms with Crippen LogP contribution >= 0.6 is 0 Å². The molecule has 11 nitrogen and oxygen atoms in total. The van der Waals surface area contributed by atoms with E-state index in [0.29, 0.717) is 28.6 Å². The molecule has 4 rings (SSSR count). The molecule has 0 spiro atoms. The predicted octanol–water partition coefficient (Wildman–Crippen LogP) is 2.60. The van der Waals surface area contributed by atoms with E-state index in [-0.39, 0.29) is 23.8 Å². The molecule has 2 aromatic carbocycles. The molecule has 34 heavy (non-hydrogen) atoms. The van der Waals surface area contributed by atoms with Crippen molar-refractivity contribution in [3.05, 3.63) is 58.4 Å². The molecule has 176 valence electrons. The third-order valence-corrected chi connectivity index (χ3v) is 5.29.